The zero-order valence-electron chi connectivity index (χ0n) is 26.3. The quantitative estimate of drug-likeness (QED) is 0.177. The van der Waals surface area contributed by atoms with Gasteiger partial charge in [-0.25, -0.2) is 0 Å². The van der Waals surface area contributed by atoms with Gasteiger partial charge in [-0.2, -0.15) is 0 Å². The van der Waals surface area contributed by atoms with Crippen molar-refractivity contribution in [3.8, 4) is 33.4 Å². The molecule has 0 N–H and O–H groups in total. The maximum Gasteiger partial charge on any atom is 0.0640 e. The second-order valence-corrected chi connectivity index (χ2v) is 13.2. The highest BCUT2D eigenvalue weighted by atomic mass is 32.1. The fraction of sp³-hybridized carbons (Fsp3) is 0. The van der Waals surface area contributed by atoms with Crippen LogP contribution in [0.5, 0.6) is 0 Å². The molecule has 0 bridgehead atoms. The molecule has 9 rings (SSSR count). The van der Waals surface area contributed by atoms with E-state index in [0.29, 0.717) is 0 Å². The van der Waals surface area contributed by atoms with Crippen molar-refractivity contribution in [2.75, 3.05) is 4.90 Å². The van der Waals surface area contributed by atoms with Gasteiger partial charge in [0.1, 0.15) is 0 Å². The van der Waals surface area contributed by atoms with Crippen LogP contribution >= 0.6 is 11.3 Å². The van der Waals surface area contributed by atoms with Crippen molar-refractivity contribution in [3.05, 3.63) is 188 Å². The number of para-hydroxylation sites is 1. The lowest BCUT2D eigenvalue weighted by atomic mass is 9.94. The normalized spacial score (nSPS) is 11.3. The van der Waals surface area contributed by atoms with Crippen molar-refractivity contribution in [1.82, 2.24) is 0 Å². The molecule has 0 atom stereocenters. The van der Waals surface area contributed by atoms with Gasteiger partial charge in [0.25, 0.3) is 0 Å². The van der Waals surface area contributed by atoms with Gasteiger partial charge >= 0.3 is 0 Å². The van der Waals surface area contributed by atoms with Gasteiger partial charge in [0.05, 0.1) is 16.1 Å². The van der Waals surface area contributed by atoms with E-state index in [1.807, 2.05) is 11.3 Å². The summed E-state index contributed by atoms with van der Waals surface area (Å²) < 4.78 is 2.58. The van der Waals surface area contributed by atoms with Gasteiger partial charge in [-0.3, -0.25) is 0 Å². The van der Waals surface area contributed by atoms with E-state index >= 15 is 0 Å². The van der Waals surface area contributed by atoms with Crippen LogP contribution in [0.1, 0.15) is 0 Å². The maximum absolute atomic E-state index is 2.45. The number of benzene rings is 8. The Bertz CT molecular complexity index is 2560. The third-order valence-electron chi connectivity index (χ3n) is 9.28. The van der Waals surface area contributed by atoms with E-state index in [0.717, 1.165) is 11.4 Å². The third-order valence-corrected chi connectivity index (χ3v) is 10.5. The molecule has 9 aromatic rings. The van der Waals surface area contributed by atoms with Gasteiger partial charge < -0.3 is 4.90 Å². The molecule has 0 fully saturated rings. The summed E-state index contributed by atoms with van der Waals surface area (Å²) in [5.41, 5.74) is 10.7. The Kier molecular flexibility index (Phi) is 7.07. The second-order valence-electron chi connectivity index (χ2n) is 12.1. The molecule has 1 heterocycles. The van der Waals surface area contributed by atoms with Gasteiger partial charge in [-0.05, 0) is 75.0 Å². The SMILES string of the molecule is c1ccc(-c2ccc(N(c3ccccc3-c3cccc(-c4cccc5ccccc45)c3)c3cccc4c3sc3ccccc34)cc2)cc1. The topological polar surface area (TPSA) is 3.24 Å². The van der Waals surface area contributed by atoms with E-state index in [4.69, 9.17) is 0 Å². The maximum atomic E-state index is 2.45. The highest BCUT2D eigenvalue weighted by Crippen LogP contribution is 2.47. The van der Waals surface area contributed by atoms with Gasteiger partial charge in [0, 0.05) is 26.7 Å². The van der Waals surface area contributed by atoms with Crippen LogP contribution in [-0.2, 0) is 0 Å². The van der Waals surface area contributed by atoms with E-state index < -0.39 is 0 Å². The molecular weight excluding hydrogens is 599 g/mol. The van der Waals surface area contributed by atoms with Crippen molar-refractivity contribution in [3.63, 3.8) is 0 Å². The molecule has 8 aromatic carbocycles. The number of anilines is 3. The van der Waals surface area contributed by atoms with E-state index in [-0.39, 0.29) is 0 Å². The fourth-order valence-corrected chi connectivity index (χ4v) is 8.20. The molecule has 1 nitrogen and oxygen atoms in total. The molecule has 0 aliphatic rings. The molecule has 0 aliphatic heterocycles. The molecule has 0 radical (unpaired) electrons. The Morgan fingerprint density at radius 2 is 0.917 bits per heavy atom. The van der Waals surface area contributed by atoms with Crippen LogP contribution in [0, 0.1) is 0 Å². The average Bonchev–Trinajstić information content (AvgIpc) is 3.55. The van der Waals surface area contributed by atoms with Crippen LogP contribution in [0.2, 0.25) is 0 Å². The largest absolute Gasteiger partial charge is 0.308 e. The van der Waals surface area contributed by atoms with Gasteiger partial charge in [0.2, 0.25) is 0 Å². The highest BCUT2D eigenvalue weighted by Gasteiger charge is 2.21. The molecule has 0 unspecified atom stereocenters. The van der Waals surface area contributed by atoms with E-state index in [1.165, 1.54) is 70.0 Å². The van der Waals surface area contributed by atoms with Crippen LogP contribution in [0.4, 0.5) is 17.1 Å². The molecule has 0 spiro atoms. The molecule has 0 saturated heterocycles. The van der Waals surface area contributed by atoms with Crippen molar-refractivity contribution in [2.45, 2.75) is 0 Å². The Morgan fingerprint density at radius 1 is 0.354 bits per heavy atom. The fourth-order valence-electron chi connectivity index (χ4n) is 6.99. The lowest BCUT2D eigenvalue weighted by Gasteiger charge is -2.28. The number of hydrogen-bond donors (Lipinski definition) is 0. The van der Waals surface area contributed by atoms with Crippen molar-refractivity contribution >= 4 is 59.3 Å². The van der Waals surface area contributed by atoms with Gasteiger partial charge in [-0.15, -0.1) is 11.3 Å². The summed E-state index contributed by atoms with van der Waals surface area (Å²) in [5.74, 6) is 0. The minimum Gasteiger partial charge on any atom is -0.308 e. The molecular formula is C46H31NS. The molecule has 0 saturated carbocycles. The molecule has 0 aliphatic carbocycles. The summed E-state index contributed by atoms with van der Waals surface area (Å²) in [4.78, 5) is 2.45. The summed E-state index contributed by atoms with van der Waals surface area (Å²) >= 11 is 1.87. The molecule has 48 heavy (non-hydrogen) atoms. The van der Waals surface area contributed by atoms with Gasteiger partial charge in [0.15, 0.2) is 0 Å². The number of thiophene rings is 1. The van der Waals surface area contributed by atoms with Crippen molar-refractivity contribution in [2.24, 2.45) is 0 Å². The first-order valence-electron chi connectivity index (χ1n) is 16.4. The first-order valence-corrected chi connectivity index (χ1v) is 17.2. The zero-order chi connectivity index (χ0) is 31.9. The number of rotatable bonds is 6. The summed E-state index contributed by atoms with van der Waals surface area (Å²) in [6.45, 7) is 0. The van der Waals surface area contributed by atoms with Crippen LogP contribution in [0.25, 0.3) is 64.3 Å². The summed E-state index contributed by atoms with van der Waals surface area (Å²) in [5, 5.41) is 5.11. The van der Waals surface area contributed by atoms with Crippen LogP contribution in [-0.4, -0.2) is 0 Å². The Balaban J connectivity index is 1.25. The predicted octanol–water partition coefficient (Wildman–Crippen LogP) is 13.7. The minimum absolute atomic E-state index is 1.12. The standard InChI is InChI=1S/C46H31NS/c1-2-13-32(14-3-1)33-27-29-37(30-28-33)47(44-25-12-23-42-41-21-7-9-26-45(41)48-46(42)44)43-24-8-6-20-40(43)36-18-10-17-35(31-36)39-22-11-16-34-15-4-5-19-38(34)39/h1-31H. The third kappa shape index (κ3) is 4.95. The van der Waals surface area contributed by atoms with Gasteiger partial charge in [-0.1, -0.05) is 152 Å². The molecule has 1 aromatic heterocycles. The van der Waals surface area contributed by atoms with E-state index in [9.17, 15) is 0 Å². The zero-order valence-corrected chi connectivity index (χ0v) is 27.1. The summed E-state index contributed by atoms with van der Waals surface area (Å²) in [6, 6.07) is 68.1. The molecule has 2 heteroatoms. The van der Waals surface area contributed by atoms with Crippen LogP contribution < -0.4 is 4.90 Å². The number of hydrogen-bond acceptors (Lipinski definition) is 2. The summed E-state index contributed by atoms with van der Waals surface area (Å²) in [6.07, 6.45) is 0. The van der Waals surface area contributed by atoms with Crippen LogP contribution in [0.15, 0.2) is 188 Å². The van der Waals surface area contributed by atoms with Crippen LogP contribution in [0.3, 0.4) is 0 Å². The molecule has 0 amide bonds. The lowest BCUT2D eigenvalue weighted by Crippen LogP contribution is -2.11. The van der Waals surface area contributed by atoms with E-state index in [1.54, 1.807) is 0 Å². The summed E-state index contributed by atoms with van der Waals surface area (Å²) in [7, 11) is 0. The lowest BCUT2D eigenvalue weighted by molar-refractivity contribution is 1.30. The van der Waals surface area contributed by atoms with Crippen molar-refractivity contribution in [1.29, 1.82) is 0 Å². The smallest absolute Gasteiger partial charge is 0.0640 e. The first-order chi connectivity index (χ1) is 23.8. The minimum atomic E-state index is 1.12. The highest BCUT2D eigenvalue weighted by molar-refractivity contribution is 7.26. The second kappa shape index (κ2) is 12.0. The first kappa shape index (κ1) is 28.3. The molecule has 226 valence electrons. The average molecular weight is 630 g/mol. The Hall–Kier alpha value is -5.96. The van der Waals surface area contributed by atoms with Crippen molar-refractivity contribution < 1.29 is 0 Å². The Morgan fingerprint density at radius 3 is 1.79 bits per heavy atom. The predicted molar refractivity (Wildman–Crippen MR) is 208 cm³/mol. The number of nitrogens with zero attached hydrogens (tertiary/aromatic N) is 1. The van der Waals surface area contributed by atoms with E-state index in [2.05, 4.69) is 193 Å². The number of fused-ring (bicyclic) bond motifs is 4. The monoisotopic (exact) mass is 629 g/mol. The Labute approximate surface area is 284 Å².